The van der Waals surface area contributed by atoms with Crippen LogP contribution < -0.4 is 5.73 Å². The molecule has 2 N–H and O–H groups in total. The van der Waals surface area contributed by atoms with E-state index in [1.54, 1.807) is 4.40 Å². The molecule has 1 aliphatic heterocycles. The van der Waals surface area contributed by atoms with E-state index in [-0.39, 0.29) is 5.82 Å². The van der Waals surface area contributed by atoms with Crippen molar-refractivity contribution >= 4 is 11.6 Å². The summed E-state index contributed by atoms with van der Waals surface area (Å²) in [6.07, 6.45) is 5.39. The van der Waals surface area contributed by atoms with Crippen molar-refractivity contribution < 1.29 is 4.79 Å². The Morgan fingerprint density at radius 3 is 2.86 bits per heavy atom. The lowest BCUT2D eigenvalue weighted by molar-refractivity contribution is 0.0989. The smallest absolute Gasteiger partial charge is 0.287 e. The van der Waals surface area contributed by atoms with Gasteiger partial charge in [0.25, 0.3) is 5.91 Å². The summed E-state index contributed by atoms with van der Waals surface area (Å²) in [6.45, 7) is 1.99. The minimum atomic E-state index is -0.604. The Kier molecular flexibility index (Phi) is 3.24. The zero-order chi connectivity index (χ0) is 19.7. The minimum Gasteiger partial charge on any atom is -0.363 e. The molecule has 8 nitrogen and oxygen atoms in total. The molecule has 144 valence electrons. The van der Waals surface area contributed by atoms with Gasteiger partial charge in [-0.15, -0.1) is 10.2 Å². The zero-order valence-electron chi connectivity index (χ0n) is 15.9. The van der Waals surface area contributed by atoms with Crippen LogP contribution in [0.2, 0.25) is 0 Å². The maximum absolute atomic E-state index is 11.8. The number of pyridine rings is 2. The van der Waals surface area contributed by atoms with Crippen LogP contribution in [0.15, 0.2) is 36.5 Å². The van der Waals surface area contributed by atoms with Gasteiger partial charge in [-0.05, 0) is 50.5 Å². The fraction of sp³-hybridized carbons (Fsp3) is 0.286. The Morgan fingerprint density at radius 2 is 2.03 bits per heavy atom. The Bertz CT molecular complexity index is 1300. The van der Waals surface area contributed by atoms with Crippen molar-refractivity contribution in [2.75, 3.05) is 0 Å². The zero-order valence-corrected chi connectivity index (χ0v) is 15.9. The number of imidazole rings is 1. The molecule has 0 saturated heterocycles. The summed E-state index contributed by atoms with van der Waals surface area (Å²) < 4.78 is 4.03. The van der Waals surface area contributed by atoms with Gasteiger partial charge in [0.2, 0.25) is 5.82 Å². The van der Waals surface area contributed by atoms with Crippen LogP contribution in [0.1, 0.15) is 53.4 Å². The highest BCUT2D eigenvalue weighted by Gasteiger charge is 2.41. The van der Waals surface area contributed by atoms with Crippen LogP contribution in [0.3, 0.4) is 0 Å². The van der Waals surface area contributed by atoms with Crippen LogP contribution in [0.25, 0.3) is 28.3 Å². The molecule has 5 heterocycles. The number of hydrogen-bond acceptors (Lipinski definition) is 5. The molecule has 1 fully saturated rings. The lowest BCUT2D eigenvalue weighted by Crippen LogP contribution is -2.15. The fourth-order valence-electron chi connectivity index (χ4n) is 4.86. The first-order valence-electron chi connectivity index (χ1n) is 9.81. The molecule has 4 aromatic rings. The SMILES string of the molecule is Cc1cccc(-c2nc3n(c2-c2ccc4nnc(C(N)=O)n4c2)C2CCC3C2)n1. The molecule has 1 aliphatic carbocycles. The average Bonchev–Trinajstić information content (AvgIpc) is 3.46. The van der Waals surface area contributed by atoms with Crippen LogP contribution >= 0.6 is 0 Å². The molecule has 1 amide bonds. The molecule has 2 aliphatic rings. The first-order valence-corrected chi connectivity index (χ1v) is 9.81. The molecule has 2 atom stereocenters. The van der Waals surface area contributed by atoms with Crippen LogP contribution in [0.5, 0.6) is 0 Å². The number of nitrogens with zero attached hydrogens (tertiary/aromatic N) is 6. The van der Waals surface area contributed by atoms with Gasteiger partial charge in [0.1, 0.15) is 11.5 Å². The maximum Gasteiger partial charge on any atom is 0.287 e. The molecular formula is C21H19N7O. The number of fused-ring (bicyclic) bond motifs is 6. The van der Waals surface area contributed by atoms with Gasteiger partial charge in [0.15, 0.2) is 5.65 Å². The Labute approximate surface area is 166 Å². The molecule has 0 aromatic carbocycles. The summed E-state index contributed by atoms with van der Waals surface area (Å²) in [5.74, 6) is 1.18. The van der Waals surface area contributed by atoms with Crippen molar-refractivity contribution in [1.82, 2.24) is 29.1 Å². The molecule has 4 aromatic heterocycles. The van der Waals surface area contributed by atoms with Gasteiger partial charge >= 0.3 is 0 Å². The van der Waals surface area contributed by atoms with E-state index in [1.165, 1.54) is 12.8 Å². The highest BCUT2D eigenvalue weighted by Crippen LogP contribution is 2.52. The van der Waals surface area contributed by atoms with E-state index in [2.05, 4.69) is 14.8 Å². The van der Waals surface area contributed by atoms with Crippen molar-refractivity contribution in [2.24, 2.45) is 5.73 Å². The highest BCUT2D eigenvalue weighted by atomic mass is 16.1. The van der Waals surface area contributed by atoms with Gasteiger partial charge in [-0.1, -0.05) is 6.07 Å². The van der Waals surface area contributed by atoms with Gasteiger partial charge in [0, 0.05) is 29.4 Å². The number of nitrogens with two attached hydrogens (primary N) is 1. The molecule has 8 heteroatoms. The van der Waals surface area contributed by atoms with E-state index in [0.717, 1.165) is 40.6 Å². The summed E-state index contributed by atoms with van der Waals surface area (Å²) in [5.41, 5.74) is 10.7. The summed E-state index contributed by atoms with van der Waals surface area (Å²) >= 11 is 0. The van der Waals surface area contributed by atoms with Gasteiger partial charge in [0.05, 0.1) is 11.4 Å². The highest BCUT2D eigenvalue weighted by molar-refractivity contribution is 5.90. The standard InChI is InChI=1S/C21H19N7O/c1-11-3-2-4-15(23-11)17-18(28-14-7-5-12(9-14)20(28)24-17)13-6-8-16-25-26-21(19(22)29)27(16)10-13/h2-4,6,8,10,12,14H,5,7,9H2,1H3,(H2,22,29). The Balaban J connectivity index is 1.63. The van der Waals surface area contributed by atoms with Gasteiger partial charge in [-0.2, -0.15) is 0 Å². The first-order chi connectivity index (χ1) is 14.1. The maximum atomic E-state index is 11.8. The molecule has 6 rings (SSSR count). The first kappa shape index (κ1) is 16.4. The second-order valence-corrected chi connectivity index (χ2v) is 7.90. The van der Waals surface area contributed by atoms with E-state index in [0.29, 0.717) is 17.6 Å². The van der Waals surface area contributed by atoms with E-state index >= 15 is 0 Å². The van der Waals surface area contributed by atoms with Gasteiger partial charge in [-0.25, -0.2) is 4.98 Å². The van der Waals surface area contributed by atoms with E-state index in [4.69, 9.17) is 15.7 Å². The number of carbonyl (C=O) groups excluding carboxylic acids is 1. The second kappa shape index (κ2) is 5.73. The van der Waals surface area contributed by atoms with Gasteiger partial charge in [-0.3, -0.25) is 14.2 Å². The Morgan fingerprint density at radius 1 is 1.14 bits per heavy atom. The summed E-state index contributed by atoms with van der Waals surface area (Å²) in [5, 5.41) is 7.97. The summed E-state index contributed by atoms with van der Waals surface area (Å²) in [4.78, 5) is 21.5. The third-order valence-electron chi connectivity index (χ3n) is 6.10. The molecule has 29 heavy (non-hydrogen) atoms. The van der Waals surface area contributed by atoms with Crippen LogP contribution in [-0.4, -0.2) is 35.0 Å². The van der Waals surface area contributed by atoms with Crippen molar-refractivity contribution in [3.63, 3.8) is 0 Å². The largest absolute Gasteiger partial charge is 0.363 e. The number of primary amides is 1. The quantitative estimate of drug-likeness (QED) is 0.584. The van der Waals surface area contributed by atoms with E-state index in [9.17, 15) is 4.79 Å². The average molecular weight is 385 g/mol. The fourth-order valence-corrected chi connectivity index (χ4v) is 4.86. The monoisotopic (exact) mass is 385 g/mol. The van der Waals surface area contributed by atoms with E-state index < -0.39 is 5.91 Å². The number of amides is 1. The second-order valence-electron chi connectivity index (χ2n) is 7.90. The van der Waals surface area contributed by atoms with Crippen LogP contribution in [-0.2, 0) is 0 Å². The van der Waals surface area contributed by atoms with Crippen molar-refractivity contribution in [3.05, 3.63) is 53.9 Å². The Hall–Kier alpha value is -3.55. The molecule has 0 radical (unpaired) electrons. The van der Waals surface area contributed by atoms with Crippen LogP contribution in [0.4, 0.5) is 0 Å². The predicted molar refractivity (Wildman–Crippen MR) is 106 cm³/mol. The molecule has 0 spiro atoms. The minimum absolute atomic E-state index is 0.125. The van der Waals surface area contributed by atoms with E-state index in [1.807, 2.05) is 43.5 Å². The lowest BCUT2D eigenvalue weighted by Gasteiger charge is -2.17. The summed E-state index contributed by atoms with van der Waals surface area (Å²) in [6, 6.07) is 10.3. The molecule has 2 unspecified atom stereocenters. The molecule has 1 saturated carbocycles. The molecule has 2 bridgehead atoms. The predicted octanol–water partition coefficient (Wildman–Crippen LogP) is 2.88. The molecular weight excluding hydrogens is 366 g/mol. The number of hydrogen-bond donors (Lipinski definition) is 1. The number of aryl methyl sites for hydroxylation is 1. The lowest BCUT2D eigenvalue weighted by atomic mass is 10.1. The number of aromatic nitrogens is 6. The van der Waals surface area contributed by atoms with Crippen molar-refractivity contribution in [2.45, 2.75) is 38.1 Å². The topological polar surface area (TPSA) is 104 Å². The third-order valence-corrected chi connectivity index (χ3v) is 6.10. The normalized spacial score (nSPS) is 19.8. The third kappa shape index (κ3) is 2.28. The van der Waals surface area contributed by atoms with Crippen molar-refractivity contribution in [1.29, 1.82) is 0 Å². The summed E-state index contributed by atoms with van der Waals surface area (Å²) in [7, 11) is 0. The number of carbonyl (C=O) groups is 1. The number of rotatable bonds is 3. The van der Waals surface area contributed by atoms with Crippen molar-refractivity contribution in [3.8, 4) is 22.6 Å². The van der Waals surface area contributed by atoms with Crippen LogP contribution in [0, 0.1) is 6.92 Å². The van der Waals surface area contributed by atoms with Gasteiger partial charge < -0.3 is 10.3 Å².